The van der Waals surface area contributed by atoms with Crippen LogP contribution in [0.15, 0.2) is 41.5 Å². The minimum atomic E-state index is -4.47. The van der Waals surface area contributed by atoms with Gasteiger partial charge in [0.1, 0.15) is 5.69 Å². The maximum atomic E-state index is 12.8. The van der Waals surface area contributed by atoms with Gasteiger partial charge in [0.2, 0.25) is 0 Å². The number of benzene rings is 1. The van der Waals surface area contributed by atoms with Gasteiger partial charge in [-0.15, -0.1) is 11.3 Å². The van der Waals surface area contributed by atoms with E-state index in [-0.39, 0.29) is 33.6 Å². The molecule has 3 rings (SSSR count). The van der Waals surface area contributed by atoms with Crippen LogP contribution >= 0.6 is 11.3 Å². The molecule has 0 aliphatic heterocycles. The van der Waals surface area contributed by atoms with Crippen LogP contribution in [-0.4, -0.2) is 50.4 Å². The highest BCUT2D eigenvalue weighted by Gasteiger charge is 2.30. The van der Waals surface area contributed by atoms with Crippen molar-refractivity contribution in [3.8, 4) is 17.0 Å². The fourth-order valence-corrected chi connectivity index (χ4v) is 4.25. The van der Waals surface area contributed by atoms with Crippen molar-refractivity contribution in [2.24, 2.45) is 12.1 Å². The number of thiophene rings is 1. The van der Waals surface area contributed by atoms with Crippen LogP contribution in [0.2, 0.25) is 0 Å². The smallest absolute Gasteiger partial charge is 0.416 e. The van der Waals surface area contributed by atoms with Gasteiger partial charge in [-0.25, -0.2) is 5.43 Å². The average Bonchev–Trinajstić information content (AvgIpc) is 3.42. The number of alkyl halides is 3. The molecule has 0 aliphatic carbocycles. The summed E-state index contributed by atoms with van der Waals surface area (Å²) >= 11 is 1.04. The molecule has 2 amide bonds. The number of aromatic hydroxyl groups is 1. The Morgan fingerprint density at radius 1 is 1.11 bits per heavy atom. The summed E-state index contributed by atoms with van der Waals surface area (Å²) in [6, 6.07) is 7.43. The van der Waals surface area contributed by atoms with Gasteiger partial charge < -0.3 is 10.0 Å². The van der Waals surface area contributed by atoms with E-state index >= 15 is 0 Å². The molecule has 0 atom stereocenters. The summed E-state index contributed by atoms with van der Waals surface area (Å²) in [6.07, 6.45) is -4.47. The second-order valence-corrected chi connectivity index (χ2v) is 8.61. The Hall–Kier alpha value is -3.67. The zero-order valence-electron chi connectivity index (χ0n) is 19.5. The van der Waals surface area contributed by atoms with Crippen LogP contribution in [0.4, 0.5) is 13.2 Å². The SMILES string of the molecule is CCN(CC)C(=O)c1ccc(C(=O)N/N=C(\C)c2nn(C)c(-c3ccc(C(F)(F)F)cc3)c2O)s1. The highest BCUT2D eigenvalue weighted by Crippen LogP contribution is 2.35. The maximum Gasteiger partial charge on any atom is 0.416 e. The van der Waals surface area contributed by atoms with Crippen LogP contribution in [0.1, 0.15) is 51.4 Å². The standard InChI is InChI=1S/C23H24F3N5O3S/c1-5-31(6-2)22(34)17-12-11-16(35-17)21(33)28-27-13(3)18-20(32)19(30(4)29-18)14-7-9-15(10-8-14)23(24,25)26/h7-12,32H,5-6H2,1-4H3,(H,28,33)/b27-13+. The zero-order chi connectivity index (χ0) is 25.9. The molecule has 186 valence electrons. The fourth-order valence-electron chi connectivity index (χ4n) is 3.38. The lowest BCUT2D eigenvalue weighted by Gasteiger charge is -2.17. The number of carbonyl (C=O) groups is 2. The number of hydrogen-bond donors (Lipinski definition) is 2. The van der Waals surface area contributed by atoms with E-state index in [0.29, 0.717) is 23.5 Å². The third-order valence-electron chi connectivity index (χ3n) is 5.27. The van der Waals surface area contributed by atoms with Gasteiger partial charge in [0.25, 0.3) is 11.8 Å². The Labute approximate surface area is 203 Å². The third-order valence-corrected chi connectivity index (χ3v) is 6.34. The number of carbonyl (C=O) groups excluding carboxylic acids is 2. The van der Waals surface area contributed by atoms with E-state index < -0.39 is 17.6 Å². The highest BCUT2D eigenvalue weighted by molar-refractivity contribution is 7.15. The van der Waals surface area contributed by atoms with Gasteiger partial charge in [-0.05, 0) is 45.0 Å². The molecule has 0 spiro atoms. The van der Waals surface area contributed by atoms with Crippen molar-refractivity contribution in [1.82, 2.24) is 20.1 Å². The van der Waals surface area contributed by atoms with Crippen molar-refractivity contribution in [3.05, 3.63) is 57.4 Å². The number of aryl methyl sites for hydroxylation is 1. The van der Waals surface area contributed by atoms with Gasteiger partial charge >= 0.3 is 6.18 Å². The van der Waals surface area contributed by atoms with Crippen molar-refractivity contribution in [3.63, 3.8) is 0 Å². The largest absolute Gasteiger partial charge is 0.504 e. The molecule has 8 nitrogen and oxygen atoms in total. The van der Waals surface area contributed by atoms with Gasteiger partial charge in [0.05, 0.1) is 21.0 Å². The Morgan fingerprint density at radius 3 is 2.29 bits per heavy atom. The van der Waals surface area contributed by atoms with E-state index in [1.54, 1.807) is 11.0 Å². The number of amides is 2. The molecule has 0 radical (unpaired) electrons. The minimum absolute atomic E-state index is 0.0614. The molecular weight excluding hydrogens is 483 g/mol. The molecule has 0 bridgehead atoms. The lowest BCUT2D eigenvalue weighted by atomic mass is 10.1. The summed E-state index contributed by atoms with van der Waals surface area (Å²) in [6.45, 7) is 6.37. The molecule has 2 aromatic heterocycles. The van der Waals surface area contributed by atoms with E-state index in [2.05, 4.69) is 15.6 Å². The van der Waals surface area contributed by atoms with Crippen LogP contribution in [0.5, 0.6) is 5.75 Å². The molecule has 12 heteroatoms. The molecule has 0 saturated carbocycles. The van der Waals surface area contributed by atoms with Crippen molar-refractivity contribution in [2.75, 3.05) is 13.1 Å². The molecule has 2 N–H and O–H groups in total. The molecule has 0 saturated heterocycles. The van der Waals surface area contributed by atoms with Crippen LogP contribution in [0.3, 0.4) is 0 Å². The number of halogens is 3. The first kappa shape index (κ1) is 25.9. The van der Waals surface area contributed by atoms with Gasteiger partial charge in [0, 0.05) is 25.7 Å². The summed E-state index contributed by atoms with van der Waals surface area (Å²) in [7, 11) is 1.53. The number of nitrogens with one attached hydrogen (secondary N) is 1. The quantitative estimate of drug-likeness (QED) is 0.363. The first-order valence-corrected chi connectivity index (χ1v) is 11.5. The van der Waals surface area contributed by atoms with Gasteiger partial charge in [-0.1, -0.05) is 12.1 Å². The van der Waals surface area contributed by atoms with Crippen molar-refractivity contribution >= 4 is 28.9 Å². The lowest BCUT2D eigenvalue weighted by molar-refractivity contribution is -0.137. The first-order valence-electron chi connectivity index (χ1n) is 10.7. The summed E-state index contributed by atoms with van der Waals surface area (Å²) in [4.78, 5) is 27.3. The number of hydrogen-bond acceptors (Lipinski definition) is 6. The molecule has 1 aromatic carbocycles. The van der Waals surface area contributed by atoms with Crippen molar-refractivity contribution < 1.29 is 27.9 Å². The molecular formula is C23H24F3N5O3S. The topological polar surface area (TPSA) is 99.8 Å². The van der Waals surface area contributed by atoms with Gasteiger partial charge in [0.15, 0.2) is 11.4 Å². The molecule has 3 aromatic rings. The van der Waals surface area contributed by atoms with Crippen molar-refractivity contribution in [2.45, 2.75) is 26.9 Å². The zero-order valence-corrected chi connectivity index (χ0v) is 20.3. The Bertz CT molecular complexity index is 1260. The van der Waals surface area contributed by atoms with Crippen LogP contribution < -0.4 is 5.43 Å². The number of rotatable bonds is 7. The van der Waals surface area contributed by atoms with Crippen molar-refractivity contribution in [1.29, 1.82) is 0 Å². The summed E-state index contributed by atoms with van der Waals surface area (Å²) in [5.41, 5.74) is 2.34. The monoisotopic (exact) mass is 507 g/mol. The number of hydrazone groups is 1. The van der Waals surface area contributed by atoms with Gasteiger partial charge in [-0.3, -0.25) is 14.3 Å². The molecule has 0 aliphatic rings. The molecule has 35 heavy (non-hydrogen) atoms. The van der Waals surface area contributed by atoms with E-state index in [1.165, 1.54) is 36.9 Å². The molecule has 2 heterocycles. The normalized spacial score (nSPS) is 12.0. The maximum absolute atomic E-state index is 12.8. The van der Waals surface area contributed by atoms with E-state index in [0.717, 1.165) is 23.5 Å². The van der Waals surface area contributed by atoms with Crippen LogP contribution in [0, 0.1) is 0 Å². The Kier molecular flexibility index (Phi) is 7.64. The second-order valence-electron chi connectivity index (χ2n) is 7.52. The fraction of sp³-hybridized carbons (Fsp3) is 0.304. The number of aromatic nitrogens is 2. The van der Waals surface area contributed by atoms with Crippen LogP contribution in [0.25, 0.3) is 11.3 Å². The minimum Gasteiger partial charge on any atom is -0.504 e. The predicted molar refractivity (Wildman–Crippen MR) is 127 cm³/mol. The lowest BCUT2D eigenvalue weighted by Crippen LogP contribution is -2.29. The Morgan fingerprint density at radius 2 is 1.71 bits per heavy atom. The van der Waals surface area contributed by atoms with Crippen LogP contribution in [-0.2, 0) is 13.2 Å². The Balaban J connectivity index is 1.78. The van der Waals surface area contributed by atoms with E-state index in [4.69, 9.17) is 0 Å². The summed E-state index contributed by atoms with van der Waals surface area (Å²) in [5.74, 6) is -0.981. The highest BCUT2D eigenvalue weighted by atomic mass is 32.1. The summed E-state index contributed by atoms with van der Waals surface area (Å²) < 4.78 is 39.8. The molecule has 0 unspecified atom stereocenters. The van der Waals surface area contributed by atoms with E-state index in [1.807, 2.05) is 13.8 Å². The first-order chi connectivity index (χ1) is 16.5. The molecule has 0 fully saturated rings. The third kappa shape index (κ3) is 5.53. The number of nitrogens with zero attached hydrogens (tertiary/aromatic N) is 4. The summed E-state index contributed by atoms with van der Waals surface area (Å²) in [5, 5.41) is 18.8. The van der Waals surface area contributed by atoms with Gasteiger partial charge in [-0.2, -0.15) is 23.4 Å². The average molecular weight is 508 g/mol. The predicted octanol–water partition coefficient (Wildman–Crippen LogP) is 4.51. The van der Waals surface area contributed by atoms with E-state index in [9.17, 15) is 27.9 Å². The second kappa shape index (κ2) is 10.3.